The average Bonchev–Trinajstić information content (AvgIpc) is 2.27. The van der Waals surface area contributed by atoms with Crippen molar-refractivity contribution in [3.8, 4) is 0 Å². The van der Waals surface area contributed by atoms with E-state index in [1.807, 2.05) is 13.0 Å². The van der Waals surface area contributed by atoms with Crippen molar-refractivity contribution in [2.45, 2.75) is 46.0 Å². The third-order valence-electron chi connectivity index (χ3n) is 1.93. The molecular weight excluding hydrogens is 192 g/mol. The zero-order valence-electron chi connectivity index (χ0n) is 9.83. The maximum atomic E-state index is 10.6. The van der Waals surface area contributed by atoms with Crippen LogP contribution in [0.4, 0.5) is 0 Å². The Morgan fingerprint density at radius 3 is 2.60 bits per heavy atom. The lowest BCUT2D eigenvalue weighted by atomic mass is 10.2. The molecule has 3 heteroatoms. The van der Waals surface area contributed by atoms with Gasteiger partial charge >= 0.3 is 0 Å². The fourth-order valence-corrected chi connectivity index (χ4v) is 1.09. The number of carbonyl (C=O) groups is 1. The van der Waals surface area contributed by atoms with Crippen molar-refractivity contribution in [2.24, 2.45) is 0 Å². The average molecular weight is 214 g/mol. The second-order valence-electron chi connectivity index (χ2n) is 3.39. The summed E-state index contributed by atoms with van der Waals surface area (Å²) < 4.78 is 10.3. The van der Waals surface area contributed by atoms with E-state index in [2.05, 4.69) is 6.92 Å². The summed E-state index contributed by atoms with van der Waals surface area (Å²) in [7, 11) is 0. The van der Waals surface area contributed by atoms with Gasteiger partial charge in [-0.05, 0) is 25.3 Å². The molecule has 15 heavy (non-hydrogen) atoms. The molecule has 3 nitrogen and oxygen atoms in total. The Morgan fingerprint density at radius 2 is 2.00 bits per heavy atom. The number of hydrogen-bond donors (Lipinski definition) is 0. The molecule has 0 aromatic heterocycles. The molecule has 0 spiro atoms. The molecule has 0 fully saturated rings. The summed E-state index contributed by atoms with van der Waals surface area (Å²) in [6, 6.07) is 0. The minimum atomic E-state index is 0.173. The van der Waals surface area contributed by atoms with Crippen LogP contribution in [0.15, 0.2) is 11.8 Å². The highest BCUT2D eigenvalue weighted by molar-refractivity contribution is 5.69. The Morgan fingerprint density at radius 1 is 1.20 bits per heavy atom. The highest BCUT2D eigenvalue weighted by atomic mass is 16.7. The second-order valence-corrected chi connectivity index (χ2v) is 3.39. The van der Waals surface area contributed by atoms with Crippen molar-refractivity contribution in [3.63, 3.8) is 0 Å². The van der Waals surface area contributed by atoms with Crippen LogP contribution >= 0.6 is 0 Å². The van der Waals surface area contributed by atoms with E-state index in [-0.39, 0.29) is 6.79 Å². The van der Waals surface area contributed by atoms with E-state index in [4.69, 9.17) is 9.47 Å². The van der Waals surface area contributed by atoms with Crippen molar-refractivity contribution >= 4 is 6.29 Å². The van der Waals surface area contributed by atoms with Gasteiger partial charge in [0.2, 0.25) is 0 Å². The van der Waals surface area contributed by atoms with Gasteiger partial charge in [0.15, 0.2) is 18.8 Å². The quantitative estimate of drug-likeness (QED) is 0.184. The number of ether oxygens (including phenoxy) is 2. The van der Waals surface area contributed by atoms with Crippen molar-refractivity contribution in [1.82, 2.24) is 0 Å². The van der Waals surface area contributed by atoms with Gasteiger partial charge in [-0.2, -0.15) is 0 Å². The number of rotatable bonds is 10. The second kappa shape index (κ2) is 11.2. The van der Waals surface area contributed by atoms with Crippen LogP contribution < -0.4 is 0 Å². The first-order chi connectivity index (χ1) is 7.35. The zero-order chi connectivity index (χ0) is 11.4. The predicted molar refractivity (Wildman–Crippen MR) is 60.5 cm³/mol. The van der Waals surface area contributed by atoms with Crippen molar-refractivity contribution in [1.29, 1.82) is 0 Å². The van der Waals surface area contributed by atoms with Crippen LogP contribution in [0.25, 0.3) is 0 Å². The molecule has 0 aliphatic rings. The summed E-state index contributed by atoms with van der Waals surface area (Å²) >= 11 is 0. The number of unbranched alkanes of at least 4 members (excludes halogenated alkanes) is 3. The molecule has 0 N–H and O–H groups in total. The lowest BCUT2D eigenvalue weighted by molar-refractivity contribution is -0.111. The first kappa shape index (κ1) is 14.2. The maximum Gasteiger partial charge on any atom is 0.189 e. The Kier molecular flexibility index (Phi) is 10.6. The Hall–Kier alpha value is -0.830. The highest BCUT2D eigenvalue weighted by Gasteiger charge is 1.95. The summed E-state index contributed by atoms with van der Waals surface area (Å²) in [5, 5.41) is 0. The molecule has 0 aromatic rings. The fraction of sp³-hybridized carbons (Fsp3) is 0.750. The SMILES string of the molecule is CCCCCC=C(C=O)OCOCCC. The molecule has 0 atom stereocenters. The molecule has 0 saturated carbocycles. The lowest BCUT2D eigenvalue weighted by Gasteiger charge is -2.05. The summed E-state index contributed by atoms with van der Waals surface area (Å²) in [5.41, 5.74) is 0. The van der Waals surface area contributed by atoms with Crippen LogP contribution in [0.3, 0.4) is 0 Å². The van der Waals surface area contributed by atoms with Crippen LogP contribution in [0.2, 0.25) is 0 Å². The molecule has 0 heterocycles. The standard InChI is InChI=1S/C12H22O3/c1-3-5-6-7-8-12(10-13)15-11-14-9-4-2/h8,10H,3-7,9,11H2,1-2H3. The van der Waals surface area contributed by atoms with Crippen molar-refractivity contribution < 1.29 is 14.3 Å². The first-order valence-corrected chi connectivity index (χ1v) is 5.71. The third-order valence-corrected chi connectivity index (χ3v) is 1.93. The number of aldehydes is 1. The van der Waals surface area contributed by atoms with E-state index < -0.39 is 0 Å². The number of allylic oxidation sites excluding steroid dienone is 2. The highest BCUT2D eigenvalue weighted by Crippen LogP contribution is 2.03. The summed E-state index contributed by atoms with van der Waals surface area (Å²) in [5.74, 6) is 0.391. The molecule has 0 rings (SSSR count). The molecule has 0 saturated heterocycles. The number of carbonyl (C=O) groups excluding carboxylic acids is 1. The van der Waals surface area contributed by atoms with Crippen molar-refractivity contribution in [3.05, 3.63) is 11.8 Å². The Labute approximate surface area is 92.5 Å². The van der Waals surface area contributed by atoms with Crippen molar-refractivity contribution in [2.75, 3.05) is 13.4 Å². The molecule has 0 aliphatic heterocycles. The van der Waals surface area contributed by atoms with Gasteiger partial charge in [-0.25, -0.2) is 0 Å². The van der Waals surface area contributed by atoms with Gasteiger partial charge < -0.3 is 9.47 Å². The number of hydrogen-bond acceptors (Lipinski definition) is 3. The fourth-order valence-electron chi connectivity index (χ4n) is 1.09. The molecule has 0 aromatic carbocycles. The topological polar surface area (TPSA) is 35.5 Å². The van der Waals surface area contributed by atoms with Crippen LogP contribution in [0, 0.1) is 0 Å². The van der Waals surface area contributed by atoms with Gasteiger partial charge in [-0.3, -0.25) is 4.79 Å². The molecule has 0 amide bonds. The lowest BCUT2D eigenvalue weighted by Crippen LogP contribution is -2.01. The summed E-state index contributed by atoms with van der Waals surface area (Å²) in [4.78, 5) is 10.6. The van der Waals surface area contributed by atoms with Gasteiger partial charge in [0.05, 0.1) is 6.61 Å². The Balaban J connectivity index is 3.56. The molecule has 0 unspecified atom stereocenters. The maximum absolute atomic E-state index is 10.6. The van der Waals surface area contributed by atoms with E-state index in [0.29, 0.717) is 12.4 Å². The van der Waals surface area contributed by atoms with E-state index >= 15 is 0 Å². The minimum Gasteiger partial charge on any atom is -0.464 e. The van der Waals surface area contributed by atoms with Crippen LogP contribution in [0.1, 0.15) is 46.0 Å². The van der Waals surface area contributed by atoms with Crippen LogP contribution in [-0.2, 0) is 14.3 Å². The first-order valence-electron chi connectivity index (χ1n) is 5.71. The summed E-state index contributed by atoms with van der Waals surface area (Å²) in [6.07, 6.45) is 7.90. The minimum absolute atomic E-state index is 0.173. The Bertz CT molecular complexity index is 176. The smallest absolute Gasteiger partial charge is 0.189 e. The normalized spacial score (nSPS) is 11.5. The van der Waals surface area contributed by atoms with Gasteiger partial charge in [0.1, 0.15) is 0 Å². The predicted octanol–water partition coefficient (Wildman–Crippen LogP) is 3.05. The molecule has 0 radical (unpaired) electrons. The third kappa shape index (κ3) is 9.47. The van der Waals surface area contributed by atoms with Gasteiger partial charge in [0, 0.05) is 0 Å². The molecule has 0 bridgehead atoms. The largest absolute Gasteiger partial charge is 0.464 e. The van der Waals surface area contributed by atoms with Gasteiger partial charge in [-0.15, -0.1) is 0 Å². The molecule has 88 valence electrons. The van der Waals surface area contributed by atoms with Gasteiger partial charge in [-0.1, -0.05) is 26.7 Å². The molecular formula is C12H22O3. The van der Waals surface area contributed by atoms with E-state index in [1.54, 1.807) is 0 Å². The van der Waals surface area contributed by atoms with E-state index in [9.17, 15) is 4.79 Å². The molecule has 0 aliphatic carbocycles. The van der Waals surface area contributed by atoms with Crippen LogP contribution in [-0.4, -0.2) is 19.7 Å². The monoisotopic (exact) mass is 214 g/mol. The van der Waals surface area contributed by atoms with Gasteiger partial charge in [0.25, 0.3) is 0 Å². The van der Waals surface area contributed by atoms with Crippen LogP contribution in [0.5, 0.6) is 0 Å². The van der Waals surface area contributed by atoms with E-state index in [1.165, 1.54) is 12.8 Å². The summed E-state index contributed by atoms with van der Waals surface area (Å²) in [6.45, 7) is 5.02. The zero-order valence-corrected chi connectivity index (χ0v) is 9.83. The van der Waals surface area contributed by atoms with E-state index in [0.717, 1.165) is 25.5 Å².